The van der Waals surface area contributed by atoms with Crippen LogP contribution in [0.3, 0.4) is 0 Å². The molecule has 0 bridgehead atoms. The van der Waals surface area contributed by atoms with Crippen molar-refractivity contribution in [2.45, 2.75) is 12.8 Å². The molecule has 0 unspecified atom stereocenters. The van der Waals surface area contributed by atoms with Crippen molar-refractivity contribution in [2.75, 3.05) is 13.2 Å². The molecule has 1 amide bonds. The Morgan fingerprint density at radius 2 is 2.04 bits per heavy atom. The molecule has 0 atom stereocenters. The SMILES string of the molecule is C=CCOc1ccc(/C=C(/C#N)C(=O)NCCCc2ccccc2)cc1Br. The molecule has 0 heterocycles. The van der Waals surface area contributed by atoms with Crippen LogP contribution in [-0.2, 0) is 11.2 Å². The number of nitriles is 1. The highest BCUT2D eigenvalue weighted by atomic mass is 79.9. The van der Waals surface area contributed by atoms with Gasteiger partial charge in [0, 0.05) is 6.54 Å². The molecule has 2 rings (SSSR count). The first-order chi connectivity index (χ1) is 13.1. The minimum atomic E-state index is -0.367. The third-order valence-electron chi connectivity index (χ3n) is 3.76. The Balaban J connectivity index is 1.92. The summed E-state index contributed by atoms with van der Waals surface area (Å²) in [7, 11) is 0. The molecule has 5 heteroatoms. The molecule has 2 aromatic carbocycles. The first-order valence-electron chi connectivity index (χ1n) is 8.61. The van der Waals surface area contributed by atoms with Gasteiger partial charge in [-0.05, 0) is 58.1 Å². The molecule has 27 heavy (non-hydrogen) atoms. The van der Waals surface area contributed by atoms with Crippen molar-refractivity contribution in [3.63, 3.8) is 0 Å². The van der Waals surface area contributed by atoms with Crippen LogP contribution in [0.2, 0.25) is 0 Å². The minimum absolute atomic E-state index is 0.0707. The summed E-state index contributed by atoms with van der Waals surface area (Å²) in [6, 6.07) is 17.4. The summed E-state index contributed by atoms with van der Waals surface area (Å²) < 4.78 is 6.24. The molecule has 138 valence electrons. The van der Waals surface area contributed by atoms with E-state index < -0.39 is 0 Å². The zero-order chi connectivity index (χ0) is 19.5. The third kappa shape index (κ3) is 6.76. The summed E-state index contributed by atoms with van der Waals surface area (Å²) in [4.78, 5) is 12.2. The lowest BCUT2D eigenvalue weighted by Gasteiger charge is -2.07. The van der Waals surface area contributed by atoms with Gasteiger partial charge in [-0.1, -0.05) is 49.1 Å². The van der Waals surface area contributed by atoms with Gasteiger partial charge in [0.25, 0.3) is 5.91 Å². The van der Waals surface area contributed by atoms with Gasteiger partial charge in [-0.25, -0.2) is 0 Å². The van der Waals surface area contributed by atoms with Crippen LogP contribution in [0.5, 0.6) is 5.75 Å². The second kappa shape index (κ2) is 11.0. The summed E-state index contributed by atoms with van der Waals surface area (Å²) in [6.07, 6.45) is 4.92. The van der Waals surface area contributed by atoms with Crippen LogP contribution in [-0.4, -0.2) is 19.1 Å². The number of halogens is 1. The molecule has 0 aliphatic heterocycles. The van der Waals surface area contributed by atoms with E-state index in [1.807, 2.05) is 24.3 Å². The van der Waals surface area contributed by atoms with Gasteiger partial charge in [0.2, 0.25) is 0 Å². The monoisotopic (exact) mass is 424 g/mol. The summed E-state index contributed by atoms with van der Waals surface area (Å²) in [6.45, 7) is 4.53. The molecule has 0 aliphatic rings. The molecule has 0 saturated carbocycles. The topological polar surface area (TPSA) is 62.1 Å². The fraction of sp³-hybridized carbons (Fsp3) is 0.182. The number of carbonyl (C=O) groups excluding carboxylic acids is 1. The first-order valence-corrected chi connectivity index (χ1v) is 9.40. The quantitative estimate of drug-likeness (QED) is 0.275. The number of hydrogen-bond acceptors (Lipinski definition) is 3. The van der Waals surface area contributed by atoms with Gasteiger partial charge < -0.3 is 10.1 Å². The van der Waals surface area contributed by atoms with Gasteiger partial charge in [-0.2, -0.15) is 5.26 Å². The third-order valence-corrected chi connectivity index (χ3v) is 4.38. The van der Waals surface area contributed by atoms with Gasteiger partial charge >= 0.3 is 0 Å². The van der Waals surface area contributed by atoms with Crippen molar-refractivity contribution in [1.82, 2.24) is 5.32 Å². The smallest absolute Gasteiger partial charge is 0.261 e. The van der Waals surface area contributed by atoms with Crippen molar-refractivity contribution in [3.8, 4) is 11.8 Å². The van der Waals surface area contributed by atoms with Crippen molar-refractivity contribution < 1.29 is 9.53 Å². The second-order valence-electron chi connectivity index (χ2n) is 5.80. The summed E-state index contributed by atoms with van der Waals surface area (Å²) >= 11 is 3.43. The van der Waals surface area contributed by atoms with E-state index in [9.17, 15) is 10.1 Å². The lowest BCUT2D eigenvalue weighted by Crippen LogP contribution is -2.25. The van der Waals surface area contributed by atoms with Crippen LogP contribution in [0, 0.1) is 11.3 Å². The number of carbonyl (C=O) groups is 1. The van der Waals surface area contributed by atoms with E-state index in [-0.39, 0.29) is 11.5 Å². The summed E-state index contributed by atoms with van der Waals surface area (Å²) in [5.74, 6) is 0.310. The molecule has 0 fully saturated rings. The number of ether oxygens (including phenoxy) is 1. The Kier molecular flexibility index (Phi) is 8.34. The Labute approximate surface area is 168 Å². The molecule has 0 spiro atoms. The Morgan fingerprint density at radius 3 is 2.70 bits per heavy atom. The number of amides is 1. The van der Waals surface area contributed by atoms with Crippen molar-refractivity contribution in [3.05, 3.63) is 82.4 Å². The number of aryl methyl sites for hydroxylation is 1. The maximum absolute atomic E-state index is 12.2. The van der Waals surface area contributed by atoms with E-state index in [0.717, 1.165) is 22.9 Å². The van der Waals surface area contributed by atoms with E-state index in [4.69, 9.17) is 4.74 Å². The van der Waals surface area contributed by atoms with Gasteiger partial charge in [0.1, 0.15) is 24.0 Å². The van der Waals surface area contributed by atoms with Gasteiger partial charge in [0.15, 0.2) is 0 Å². The summed E-state index contributed by atoms with van der Waals surface area (Å²) in [5.41, 5.74) is 2.04. The van der Waals surface area contributed by atoms with E-state index in [1.54, 1.807) is 30.4 Å². The molecule has 4 nitrogen and oxygen atoms in total. The van der Waals surface area contributed by atoms with Gasteiger partial charge in [-0.15, -0.1) is 0 Å². The fourth-order valence-corrected chi connectivity index (χ4v) is 2.93. The Bertz CT molecular complexity index is 854. The lowest BCUT2D eigenvalue weighted by atomic mass is 10.1. The molecular formula is C22H21BrN2O2. The van der Waals surface area contributed by atoms with Gasteiger partial charge in [0.05, 0.1) is 4.47 Å². The normalized spacial score (nSPS) is 10.7. The number of rotatable bonds is 9. The largest absolute Gasteiger partial charge is 0.488 e. The van der Waals surface area contributed by atoms with Crippen LogP contribution < -0.4 is 10.1 Å². The van der Waals surface area contributed by atoms with Crippen molar-refractivity contribution in [1.29, 1.82) is 5.26 Å². The summed E-state index contributed by atoms with van der Waals surface area (Å²) in [5, 5.41) is 12.1. The van der Waals surface area contributed by atoms with Crippen LogP contribution in [0.15, 0.2) is 71.2 Å². The highest BCUT2D eigenvalue weighted by Gasteiger charge is 2.09. The molecule has 2 aromatic rings. The fourth-order valence-electron chi connectivity index (χ4n) is 2.42. The average Bonchev–Trinajstić information content (AvgIpc) is 2.69. The maximum Gasteiger partial charge on any atom is 0.261 e. The van der Waals surface area contributed by atoms with E-state index in [0.29, 0.717) is 18.9 Å². The zero-order valence-electron chi connectivity index (χ0n) is 15.0. The number of nitrogens with one attached hydrogen (secondary N) is 1. The molecule has 0 radical (unpaired) electrons. The minimum Gasteiger partial charge on any atom is -0.488 e. The number of benzene rings is 2. The molecule has 0 aliphatic carbocycles. The molecular weight excluding hydrogens is 404 g/mol. The second-order valence-corrected chi connectivity index (χ2v) is 6.66. The Morgan fingerprint density at radius 1 is 1.26 bits per heavy atom. The standard InChI is InChI=1S/C22H21BrN2O2/c1-2-13-27-21-11-10-18(15-20(21)23)14-19(16-24)22(26)25-12-6-9-17-7-4-3-5-8-17/h2-5,7-8,10-11,14-15H,1,6,9,12-13H2,(H,25,26)/b19-14-. The van der Waals surface area contributed by atoms with Crippen LogP contribution >= 0.6 is 15.9 Å². The lowest BCUT2D eigenvalue weighted by molar-refractivity contribution is -0.117. The molecule has 1 N–H and O–H groups in total. The predicted molar refractivity (Wildman–Crippen MR) is 111 cm³/mol. The van der Waals surface area contributed by atoms with E-state index in [1.165, 1.54) is 5.56 Å². The molecule has 0 saturated heterocycles. The highest BCUT2D eigenvalue weighted by molar-refractivity contribution is 9.10. The Hall–Kier alpha value is -2.84. The number of hydrogen-bond donors (Lipinski definition) is 1. The molecule has 0 aromatic heterocycles. The van der Waals surface area contributed by atoms with Gasteiger partial charge in [-0.3, -0.25) is 4.79 Å². The van der Waals surface area contributed by atoms with E-state index >= 15 is 0 Å². The van der Waals surface area contributed by atoms with Crippen LogP contribution in [0.1, 0.15) is 17.5 Å². The zero-order valence-corrected chi connectivity index (χ0v) is 16.5. The predicted octanol–water partition coefficient (Wildman–Crippen LogP) is 4.67. The van der Waals surface area contributed by atoms with Crippen molar-refractivity contribution >= 4 is 27.9 Å². The van der Waals surface area contributed by atoms with Crippen LogP contribution in [0.4, 0.5) is 0 Å². The van der Waals surface area contributed by atoms with Crippen LogP contribution in [0.25, 0.3) is 6.08 Å². The first kappa shape index (κ1) is 20.5. The average molecular weight is 425 g/mol. The van der Waals surface area contributed by atoms with E-state index in [2.05, 4.69) is 40.0 Å². The highest BCUT2D eigenvalue weighted by Crippen LogP contribution is 2.27. The number of nitrogens with zero attached hydrogens (tertiary/aromatic N) is 1. The maximum atomic E-state index is 12.2. The van der Waals surface area contributed by atoms with Crippen molar-refractivity contribution in [2.24, 2.45) is 0 Å².